The smallest absolute Gasteiger partial charge is 0.230 e. The van der Waals surface area contributed by atoms with Gasteiger partial charge in [0.15, 0.2) is 5.13 Å². The van der Waals surface area contributed by atoms with Crippen molar-refractivity contribution >= 4 is 34.0 Å². The number of carbonyl (C=O) groups is 1. The third-order valence-electron chi connectivity index (χ3n) is 3.83. The van der Waals surface area contributed by atoms with Gasteiger partial charge in [-0.3, -0.25) is 4.79 Å². The number of hydrogen-bond acceptors (Lipinski definition) is 3. The van der Waals surface area contributed by atoms with Crippen molar-refractivity contribution in [1.29, 1.82) is 0 Å². The molecule has 3 aromatic rings. The van der Waals surface area contributed by atoms with Crippen LogP contribution in [0.5, 0.6) is 0 Å². The van der Waals surface area contributed by atoms with E-state index in [2.05, 4.69) is 30.2 Å². The van der Waals surface area contributed by atoms with Gasteiger partial charge >= 0.3 is 0 Å². The zero-order valence-corrected chi connectivity index (χ0v) is 15.0. The molecule has 1 heterocycles. The zero-order chi connectivity index (χ0) is 17.1. The van der Waals surface area contributed by atoms with Gasteiger partial charge in [0.25, 0.3) is 0 Å². The van der Waals surface area contributed by atoms with E-state index in [-0.39, 0.29) is 5.91 Å². The van der Waals surface area contributed by atoms with Gasteiger partial charge in [-0.05, 0) is 42.7 Å². The normalized spacial score (nSPS) is 10.6. The molecule has 0 radical (unpaired) electrons. The van der Waals surface area contributed by atoms with Crippen LogP contribution in [0.2, 0.25) is 5.02 Å². The lowest BCUT2D eigenvalue weighted by atomic mass is 10.0. The largest absolute Gasteiger partial charge is 0.302 e. The number of aromatic nitrogens is 1. The Bertz CT molecular complexity index is 871. The fourth-order valence-electron chi connectivity index (χ4n) is 2.35. The summed E-state index contributed by atoms with van der Waals surface area (Å²) in [5, 5.41) is 6.09. The number of nitrogens with one attached hydrogen (secondary N) is 1. The van der Waals surface area contributed by atoms with Gasteiger partial charge in [0.05, 0.1) is 12.1 Å². The van der Waals surface area contributed by atoms with Gasteiger partial charge in [-0.25, -0.2) is 4.98 Å². The molecule has 5 heteroatoms. The molecule has 3 nitrogen and oxygen atoms in total. The number of benzene rings is 2. The second-order valence-corrected chi connectivity index (χ2v) is 6.98. The Morgan fingerprint density at radius 2 is 1.88 bits per heavy atom. The first-order chi connectivity index (χ1) is 11.5. The number of carbonyl (C=O) groups excluding carboxylic acids is 1. The summed E-state index contributed by atoms with van der Waals surface area (Å²) >= 11 is 7.31. The fraction of sp³-hybridized carbons (Fsp3) is 0.158. The second-order valence-electron chi connectivity index (χ2n) is 5.69. The molecule has 0 aliphatic heterocycles. The number of amides is 1. The summed E-state index contributed by atoms with van der Waals surface area (Å²) in [5.41, 5.74) is 5.24. The zero-order valence-electron chi connectivity index (χ0n) is 13.5. The lowest BCUT2D eigenvalue weighted by Crippen LogP contribution is -2.14. The van der Waals surface area contributed by atoms with Crippen LogP contribution in [0.15, 0.2) is 47.8 Å². The number of thiazole rings is 1. The van der Waals surface area contributed by atoms with Crippen LogP contribution < -0.4 is 5.32 Å². The van der Waals surface area contributed by atoms with Crippen LogP contribution in [0, 0.1) is 13.8 Å². The summed E-state index contributed by atoms with van der Waals surface area (Å²) in [7, 11) is 0. The highest BCUT2D eigenvalue weighted by Gasteiger charge is 2.09. The van der Waals surface area contributed by atoms with Crippen molar-refractivity contribution in [3.05, 3.63) is 69.6 Å². The maximum absolute atomic E-state index is 12.2. The van der Waals surface area contributed by atoms with E-state index in [4.69, 9.17) is 11.6 Å². The van der Waals surface area contributed by atoms with Crippen molar-refractivity contribution in [2.45, 2.75) is 20.3 Å². The summed E-state index contributed by atoms with van der Waals surface area (Å²) < 4.78 is 0. The SMILES string of the molecule is Cc1ccc(CC(=O)Nc2nc(-c3ccc(Cl)cc3)cs2)cc1C. The van der Waals surface area contributed by atoms with Crippen molar-refractivity contribution in [2.75, 3.05) is 5.32 Å². The van der Waals surface area contributed by atoms with E-state index in [1.54, 1.807) is 0 Å². The Kier molecular flexibility index (Phi) is 4.97. The summed E-state index contributed by atoms with van der Waals surface area (Å²) in [5.74, 6) is -0.0599. The highest BCUT2D eigenvalue weighted by atomic mass is 35.5. The first-order valence-corrected chi connectivity index (χ1v) is 8.84. The third-order valence-corrected chi connectivity index (χ3v) is 4.84. The van der Waals surface area contributed by atoms with Crippen molar-refractivity contribution in [3.63, 3.8) is 0 Å². The fourth-order valence-corrected chi connectivity index (χ4v) is 3.21. The molecule has 0 saturated carbocycles. The minimum atomic E-state index is -0.0599. The molecule has 0 aliphatic rings. The lowest BCUT2D eigenvalue weighted by molar-refractivity contribution is -0.115. The molecule has 122 valence electrons. The summed E-state index contributed by atoms with van der Waals surface area (Å²) in [6, 6.07) is 13.6. The number of halogens is 1. The number of nitrogens with zero attached hydrogens (tertiary/aromatic N) is 1. The number of hydrogen-bond donors (Lipinski definition) is 1. The monoisotopic (exact) mass is 356 g/mol. The van der Waals surface area contributed by atoms with Crippen LogP contribution in [0.25, 0.3) is 11.3 Å². The molecule has 0 aliphatic carbocycles. The molecular formula is C19H17ClN2OS. The quantitative estimate of drug-likeness (QED) is 0.692. The van der Waals surface area contributed by atoms with Gasteiger partial charge in [-0.2, -0.15) is 0 Å². The van der Waals surface area contributed by atoms with Gasteiger partial charge in [0.1, 0.15) is 0 Å². The van der Waals surface area contributed by atoms with Gasteiger partial charge in [-0.1, -0.05) is 41.9 Å². The molecule has 24 heavy (non-hydrogen) atoms. The molecule has 0 atom stereocenters. The van der Waals surface area contributed by atoms with E-state index >= 15 is 0 Å². The van der Waals surface area contributed by atoms with E-state index in [0.717, 1.165) is 16.8 Å². The number of aryl methyl sites for hydroxylation is 2. The van der Waals surface area contributed by atoms with Crippen molar-refractivity contribution in [1.82, 2.24) is 4.98 Å². The molecule has 0 unspecified atom stereocenters. The Labute approximate surface area is 150 Å². The summed E-state index contributed by atoms with van der Waals surface area (Å²) in [6.45, 7) is 4.11. The van der Waals surface area contributed by atoms with Crippen LogP contribution in [0.3, 0.4) is 0 Å². The summed E-state index contributed by atoms with van der Waals surface area (Å²) in [6.07, 6.45) is 0.344. The van der Waals surface area contributed by atoms with Crippen LogP contribution >= 0.6 is 22.9 Å². The van der Waals surface area contributed by atoms with Crippen LogP contribution in [0.4, 0.5) is 5.13 Å². The molecule has 3 rings (SSSR count). The molecule has 2 aromatic carbocycles. The molecule has 0 saturated heterocycles. The van der Waals surface area contributed by atoms with Crippen LogP contribution in [-0.2, 0) is 11.2 Å². The van der Waals surface area contributed by atoms with Crippen LogP contribution in [0.1, 0.15) is 16.7 Å². The van der Waals surface area contributed by atoms with Crippen molar-refractivity contribution in [3.8, 4) is 11.3 Å². The maximum Gasteiger partial charge on any atom is 0.230 e. The van der Waals surface area contributed by atoms with E-state index < -0.39 is 0 Å². The second kappa shape index (κ2) is 7.16. The van der Waals surface area contributed by atoms with Crippen LogP contribution in [-0.4, -0.2) is 10.9 Å². The van der Waals surface area contributed by atoms with E-state index in [0.29, 0.717) is 16.6 Å². The predicted molar refractivity (Wildman–Crippen MR) is 101 cm³/mol. The van der Waals surface area contributed by atoms with E-state index in [1.807, 2.05) is 41.8 Å². The minimum absolute atomic E-state index is 0.0599. The first kappa shape index (κ1) is 16.7. The molecule has 1 amide bonds. The standard InChI is InChI=1S/C19H17ClN2OS/c1-12-3-4-14(9-13(12)2)10-18(23)22-19-21-17(11-24-19)15-5-7-16(20)8-6-15/h3-9,11H,10H2,1-2H3,(H,21,22,23). The van der Waals surface area contributed by atoms with Gasteiger partial charge in [0, 0.05) is 16.0 Å². The molecular weight excluding hydrogens is 340 g/mol. The Balaban J connectivity index is 1.66. The van der Waals surface area contributed by atoms with E-state index in [9.17, 15) is 4.79 Å². The molecule has 1 aromatic heterocycles. The minimum Gasteiger partial charge on any atom is -0.302 e. The first-order valence-electron chi connectivity index (χ1n) is 7.59. The van der Waals surface area contributed by atoms with E-state index in [1.165, 1.54) is 22.5 Å². The number of rotatable bonds is 4. The highest BCUT2D eigenvalue weighted by Crippen LogP contribution is 2.26. The molecule has 0 fully saturated rings. The predicted octanol–water partition coefficient (Wildman–Crippen LogP) is 5.26. The molecule has 0 spiro atoms. The third kappa shape index (κ3) is 4.02. The number of anilines is 1. The maximum atomic E-state index is 12.2. The lowest BCUT2D eigenvalue weighted by Gasteiger charge is -2.05. The van der Waals surface area contributed by atoms with Crippen molar-refractivity contribution in [2.24, 2.45) is 0 Å². The average Bonchev–Trinajstić information content (AvgIpc) is 3.00. The topological polar surface area (TPSA) is 42.0 Å². The molecule has 1 N–H and O–H groups in total. The highest BCUT2D eigenvalue weighted by molar-refractivity contribution is 7.14. The van der Waals surface area contributed by atoms with Gasteiger partial charge in [-0.15, -0.1) is 11.3 Å². The Morgan fingerprint density at radius 1 is 1.12 bits per heavy atom. The summed E-state index contributed by atoms with van der Waals surface area (Å²) in [4.78, 5) is 16.7. The average molecular weight is 357 g/mol. The van der Waals surface area contributed by atoms with Crippen molar-refractivity contribution < 1.29 is 4.79 Å². The van der Waals surface area contributed by atoms with Gasteiger partial charge in [0.2, 0.25) is 5.91 Å². The Hall–Kier alpha value is -2.17. The van der Waals surface area contributed by atoms with Gasteiger partial charge < -0.3 is 5.32 Å². The Morgan fingerprint density at radius 3 is 2.58 bits per heavy atom. The molecule has 0 bridgehead atoms.